The minimum atomic E-state index is -1.08. The molecule has 7 nitrogen and oxygen atoms in total. The summed E-state index contributed by atoms with van der Waals surface area (Å²) >= 11 is 1.47. The first kappa shape index (κ1) is 17.2. The molecule has 1 atom stereocenters. The van der Waals surface area contributed by atoms with Crippen molar-refractivity contribution < 1.29 is 19.4 Å². The van der Waals surface area contributed by atoms with E-state index in [1.54, 1.807) is 12.3 Å². The molecule has 23 heavy (non-hydrogen) atoms. The molecule has 8 heteroatoms. The van der Waals surface area contributed by atoms with Crippen molar-refractivity contribution >= 4 is 23.2 Å². The minimum absolute atomic E-state index is 0.211. The van der Waals surface area contributed by atoms with Crippen molar-refractivity contribution in [1.29, 1.82) is 0 Å². The van der Waals surface area contributed by atoms with Crippen LogP contribution in [0.2, 0.25) is 0 Å². The fraction of sp³-hybridized carbons (Fsp3) is 0.400. The highest BCUT2D eigenvalue weighted by Crippen LogP contribution is 2.22. The number of aromatic nitrogens is 2. The summed E-state index contributed by atoms with van der Waals surface area (Å²) < 4.78 is 6.76. The summed E-state index contributed by atoms with van der Waals surface area (Å²) in [5.41, 5.74) is 2.04. The predicted octanol–water partition coefficient (Wildman–Crippen LogP) is 1.77. The molecule has 0 bridgehead atoms. The monoisotopic (exact) mass is 337 g/mol. The van der Waals surface area contributed by atoms with Gasteiger partial charge >= 0.3 is 5.97 Å². The summed E-state index contributed by atoms with van der Waals surface area (Å²) in [5, 5.41) is 14.4. The number of hydrogen-bond acceptors (Lipinski definition) is 5. The van der Waals surface area contributed by atoms with Gasteiger partial charge in [0.1, 0.15) is 6.04 Å². The van der Waals surface area contributed by atoms with E-state index in [2.05, 4.69) is 10.3 Å². The van der Waals surface area contributed by atoms with Crippen molar-refractivity contribution in [2.45, 2.75) is 26.3 Å². The molecule has 1 unspecified atom stereocenters. The lowest BCUT2D eigenvalue weighted by molar-refractivity contribution is -0.139. The van der Waals surface area contributed by atoms with Gasteiger partial charge in [0, 0.05) is 43.1 Å². The molecule has 0 aliphatic carbocycles. The summed E-state index contributed by atoms with van der Waals surface area (Å²) in [6.45, 7) is 3.95. The molecule has 0 radical (unpaired) electrons. The Morgan fingerprint density at radius 3 is 2.78 bits per heavy atom. The third-order valence-electron chi connectivity index (χ3n) is 3.50. The average molecular weight is 337 g/mol. The number of carboxylic acid groups (broad SMARTS) is 1. The van der Waals surface area contributed by atoms with Gasteiger partial charge in [0.2, 0.25) is 0 Å². The van der Waals surface area contributed by atoms with Crippen molar-refractivity contribution in [3.63, 3.8) is 0 Å². The first-order chi connectivity index (χ1) is 11.0. The zero-order chi connectivity index (χ0) is 17.0. The fourth-order valence-corrected chi connectivity index (χ4v) is 3.09. The van der Waals surface area contributed by atoms with E-state index in [4.69, 9.17) is 4.74 Å². The zero-order valence-corrected chi connectivity index (χ0v) is 14.0. The highest BCUT2D eigenvalue weighted by atomic mass is 32.1. The number of carbonyl (C=O) groups excluding carboxylic acids is 1. The summed E-state index contributed by atoms with van der Waals surface area (Å²) in [6, 6.07) is 0.756. The third-order valence-corrected chi connectivity index (χ3v) is 4.26. The SMILES string of the molecule is COCCC(NC(=O)c1cc(C)n(-c2nccs2)c1C)C(=O)O. The van der Waals surface area contributed by atoms with E-state index in [-0.39, 0.29) is 13.0 Å². The van der Waals surface area contributed by atoms with E-state index in [9.17, 15) is 14.7 Å². The lowest BCUT2D eigenvalue weighted by Crippen LogP contribution is -2.41. The van der Waals surface area contributed by atoms with E-state index in [1.165, 1.54) is 18.4 Å². The molecule has 2 heterocycles. The number of aryl methyl sites for hydroxylation is 1. The summed E-state index contributed by atoms with van der Waals surface area (Å²) in [6.07, 6.45) is 1.91. The van der Waals surface area contributed by atoms with Crippen LogP contribution in [-0.4, -0.2) is 46.3 Å². The van der Waals surface area contributed by atoms with Gasteiger partial charge in [0.05, 0.1) is 5.56 Å². The highest BCUT2D eigenvalue weighted by Gasteiger charge is 2.23. The van der Waals surface area contributed by atoms with Gasteiger partial charge < -0.3 is 15.2 Å². The Balaban J connectivity index is 2.23. The van der Waals surface area contributed by atoms with Crippen LogP contribution >= 0.6 is 11.3 Å². The Hall–Kier alpha value is -2.19. The number of rotatable bonds is 7. The summed E-state index contributed by atoms with van der Waals surface area (Å²) in [5.74, 6) is -1.49. The van der Waals surface area contributed by atoms with Crippen LogP contribution in [-0.2, 0) is 9.53 Å². The zero-order valence-electron chi connectivity index (χ0n) is 13.2. The van der Waals surface area contributed by atoms with E-state index >= 15 is 0 Å². The van der Waals surface area contributed by atoms with E-state index in [0.29, 0.717) is 5.56 Å². The number of methoxy groups -OCH3 is 1. The van der Waals surface area contributed by atoms with Gasteiger partial charge in [-0.3, -0.25) is 9.36 Å². The molecule has 124 valence electrons. The molecular formula is C15H19N3O4S. The number of carbonyl (C=O) groups is 2. The maximum Gasteiger partial charge on any atom is 0.326 e. The molecule has 1 amide bonds. The van der Waals surface area contributed by atoms with E-state index < -0.39 is 17.9 Å². The number of thiazole rings is 1. The molecule has 0 saturated carbocycles. The van der Waals surface area contributed by atoms with Crippen molar-refractivity contribution in [3.8, 4) is 5.13 Å². The van der Waals surface area contributed by atoms with Crippen LogP contribution in [0.4, 0.5) is 0 Å². The standard InChI is InChI=1S/C15H19N3O4S/c1-9-8-11(10(2)18(9)15-16-5-7-23-15)13(19)17-12(14(20)21)4-6-22-3/h5,7-8,12H,4,6H2,1-3H3,(H,17,19)(H,20,21). The predicted molar refractivity (Wildman–Crippen MR) is 86.3 cm³/mol. The van der Waals surface area contributed by atoms with Gasteiger partial charge in [0.15, 0.2) is 5.13 Å². The van der Waals surface area contributed by atoms with Crippen molar-refractivity contribution in [1.82, 2.24) is 14.9 Å². The maximum absolute atomic E-state index is 12.4. The first-order valence-electron chi connectivity index (χ1n) is 7.07. The molecule has 2 aromatic heterocycles. The lowest BCUT2D eigenvalue weighted by Gasteiger charge is -2.14. The molecule has 2 aromatic rings. The number of nitrogens with one attached hydrogen (secondary N) is 1. The number of ether oxygens (including phenoxy) is 1. The Kier molecular flexibility index (Phi) is 5.51. The average Bonchev–Trinajstić information content (AvgIpc) is 3.11. The van der Waals surface area contributed by atoms with Crippen LogP contribution in [0.15, 0.2) is 17.6 Å². The minimum Gasteiger partial charge on any atom is -0.480 e. The Labute approximate surface area is 137 Å². The topological polar surface area (TPSA) is 93.5 Å². The number of carboxylic acids is 1. The van der Waals surface area contributed by atoms with Crippen LogP contribution in [0.3, 0.4) is 0 Å². The van der Waals surface area contributed by atoms with Crippen LogP contribution in [0.1, 0.15) is 28.2 Å². The second-order valence-corrected chi connectivity index (χ2v) is 5.95. The van der Waals surface area contributed by atoms with Crippen LogP contribution in [0, 0.1) is 13.8 Å². The van der Waals surface area contributed by atoms with Crippen LogP contribution < -0.4 is 5.32 Å². The molecular weight excluding hydrogens is 318 g/mol. The van der Waals surface area contributed by atoms with Crippen molar-refractivity contribution in [2.24, 2.45) is 0 Å². The number of aliphatic carboxylic acids is 1. The largest absolute Gasteiger partial charge is 0.480 e. The quantitative estimate of drug-likeness (QED) is 0.803. The Bertz CT molecular complexity index is 694. The summed E-state index contributed by atoms with van der Waals surface area (Å²) in [4.78, 5) is 27.9. The number of amides is 1. The van der Waals surface area contributed by atoms with Gasteiger partial charge in [-0.25, -0.2) is 9.78 Å². The summed E-state index contributed by atoms with van der Waals surface area (Å²) in [7, 11) is 1.49. The molecule has 2 rings (SSSR count). The highest BCUT2D eigenvalue weighted by molar-refractivity contribution is 7.12. The van der Waals surface area contributed by atoms with Crippen LogP contribution in [0.5, 0.6) is 0 Å². The number of nitrogens with zero attached hydrogens (tertiary/aromatic N) is 2. The van der Waals surface area contributed by atoms with Gasteiger partial charge in [-0.2, -0.15) is 0 Å². The van der Waals surface area contributed by atoms with Crippen molar-refractivity contribution in [2.75, 3.05) is 13.7 Å². The Morgan fingerprint density at radius 1 is 1.48 bits per heavy atom. The fourth-order valence-electron chi connectivity index (χ4n) is 2.34. The molecule has 0 saturated heterocycles. The molecule has 0 aliphatic heterocycles. The smallest absolute Gasteiger partial charge is 0.326 e. The van der Waals surface area contributed by atoms with Gasteiger partial charge in [-0.1, -0.05) is 0 Å². The molecule has 0 aliphatic rings. The normalized spacial score (nSPS) is 12.1. The van der Waals surface area contributed by atoms with Gasteiger partial charge in [-0.05, 0) is 19.9 Å². The van der Waals surface area contributed by atoms with Gasteiger partial charge in [-0.15, -0.1) is 11.3 Å². The molecule has 0 fully saturated rings. The van der Waals surface area contributed by atoms with E-state index in [0.717, 1.165) is 16.5 Å². The molecule has 2 N–H and O–H groups in total. The lowest BCUT2D eigenvalue weighted by atomic mass is 10.1. The number of hydrogen-bond donors (Lipinski definition) is 2. The second-order valence-electron chi connectivity index (χ2n) is 5.08. The van der Waals surface area contributed by atoms with Crippen molar-refractivity contribution in [3.05, 3.63) is 34.6 Å². The third kappa shape index (κ3) is 3.77. The molecule has 0 spiro atoms. The Morgan fingerprint density at radius 2 is 2.22 bits per heavy atom. The molecule has 0 aromatic carbocycles. The maximum atomic E-state index is 12.4. The first-order valence-corrected chi connectivity index (χ1v) is 7.95. The second kappa shape index (κ2) is 7.38. The van der Waals surface area contributed by atoms with Crippen LogP contribution in [0.25, 0.3) is 5.13 Å². The van der Waals surface area contributed by atoms with E-state index in [1.807, 2.05) is 23.8 Å². The van der Waals surface area contributed by atoms with Gasteiger partial charge in [0.25, 0.3) is 5.91 Å².